The quantitative estimate of drug-likeness (QED) is 0.127. The number of hydrogen-bond acceptors (Lipinski definition) is 16. The average molecular weight is 580 g/mol. The summed E-state index contributed by atoms with van der Waals surface area (Å²) in [6.45, 7) is -0.699. The van der Waals surface area contributed by atoms with Crippen LogP contribution >= 0.6 is 0 Å². The molecule has 4 rings (SSSR count). The molecule has 3 aliphatic heterocycles. The number of fused-ring (bicyclic) bond motifs is 1. The fourth-order valence-electron chi connectivity index (χ4n) is 5.89. The van der Waals surface area contributed by atoms with Crippen LogP contribution in [-0.4, -0.2) is 144 Å². The second-order valence-corrected chi connectivity index (χ2v) is 11.0. The van der Waals surface area contributed by atoms with Gasteiger partial charge < -0.3 is 83.4 Å². The molecular weight excluding hydrogens is 534 g/mol. The second-order valence-electron chi connectivity index (χ2n) is 11.0. The first kappa shape index (κ1) is 31.8. The van der Waals surface area contributed by atoms with Gasteiger partial charge in [0.05, 0.1) is 55.6 Å². The van der Waals surface area contributed by atoms with Crippen LogP contribution in [0.25, 0.3) is 0 Å². The summed E-state index contributed by atoms with van der Waals surface area (Å²) < 4.78 is 29.9. The Bertz CT molecular complexity index is 848. The van der Waals surface area contributed by atoms with E-state index in [1.54, 1.807) is 7.05 Å². The number of nitrogens with one attached hydrogen (secondary N) is 2. The molecule has 1 aliphatic carbocycles. The van der Waals surface area contributed by atoms with Crippen LogP contribution in [0.5, 0.6) is 0 Å². The molecule has 40 heavy (non-hydrogen) atoms. The summed E-state index contributed by atoms with van der Waals surface area (Å²) >= 11 is 0. The predicted octanol–water partition coefficient (Wildman–Crippen LogP) is -6.84. The largest absolute Gasteiger partial charge is 0.394 e. The van der Waals surface area contributed by atoms with Crippen molar-refractivity contribution in [2.45, 2.75) is 117 Å². The smallest absolute Gasteiger partial charge is 0.234 e. The van der Waals surface area contributed by atoms with Gasteiger partial charge in [0.1, 0.15) is 24.4 Å². The van der Waals surface area contributed by atoms with Crippen LogP contribution in [-0.2, 0) is 28.5 Å². The van der Waals surface area contributed by atoms with Crippen molar-refractivity contribution in [3.05, 3.63) is 0 Å². The van der Waals surface area contributed by atoms with Crippen LogP contribution < -0.4 is 39.3 Å². The molecule has 0 radical (unpaired) electrons. The Kier molecular flexibility index (Phi) is 10.7. The van der Waals surface area contributed by atoms with Crippen molar-refractivity contribution in [3.63, 3.8) is 0 Å². The van der Waals surface area contributed by atoms with Gasteiger partial charge in [0.15, 0.2) is 18.9 Å². The summed E-state index contributed by atoms with van der Waals surface area (Å²) in [5.41, 5.74) is 29.9. The number of carbonyl (C=O) groups is 1. The Hall–Kier alpha value is -1.13. The number of aliphatic hydroxyl groups excluding tert-OH is 4. The van der Waals surface area contributed by atoms with Gasteiger partial charge in [-0.1, -0.05) is 0 Å². The lowest BCUT2D eigenvalue weighted by Gasteiger charge is -2.51. The molecular formula is C23H45N7O10. The Morgan fingerprint density at radius 3 is 2.27 bits per heavy atom. The van der Waals surface area contributed by atoms with Gasteiger partial charge in [0.25, 0.3) is 0 Å². The molecule has 3 heterocycles. The van der Waals surface area contributed by atoms with Gasteiger partial charge in [-0.2, -0.15) is 0 Å². The summed E-state index contributed by atoms with van der Waals surface area (Å²) in [4.78, 5) is 11.7. The molecule has 16 atom stereocenters. The molecule has 17 nitrogen and oxygen atoms in total. The maximum Gasteiger partial charge on any atom is 0.234 e. The Morgan fingerprint density at radius 2 is 1.62 bits per heavy atom. The number of amides is 1. The Morgan fingerprint density at radius 1 is 0.900 bits per heavy atom. The first-order chi connectivity index (χ1) is 19.0. The van der Waals surface area contributed by atoms with Crippen LogP contribution in [0.4, 0.5) is 0 Å². The molecule has 0 aromatic rings. The van der Waals surface area contributed by atoms with Gasteiger partial charge >= 0.3 is 0 Å². The zero-order valence-electron chi connectivity index (χ0n) is 22.4. The predicted molar refractivity (Wildman–Crippen MR) is 137 cm³/mol. The maximum atomic E-state index is 11.7. The number of likely N-dealkylation sites (N-methyl/N-ethyl adjacent to an activating group) is 1. The van der Waals surface area contributed by atoms with E-state index in [4.69, 9.17) is 52.4 Å². The van der Waals surface area contributed by atoms with E-state index in [-0.39, 0.29) is 19.4 Å². The van der Waals surface area contributed by atoms with Crippen LogP contribution in [0.2, 0.25) is 0 Å². The summed E-state index contributed by atoms with van der Waals surface area (Å²) in [6.07, 6.45) is -9.36. The van der Waals surface area contributed by atoms with Crippen molar-refractivity contribution in [3.8, 4) is 0 Å². The highest BCUT2D eigenvalue weighted by Gasteiger charge is 2.53. The third-order valence-electron chi connectivity index (χ3n) is 8.17. The molecule has 0 spiro atoms. The first-order valence-electron chi connectivity index (χ1n) is 13.6. The van der Waals surface area contributed by atoms with Gasteiger partial charge in [-0.15, -0.1) is 0 Å². The summed E-state index contributed by atoms with van der Waals surface area (Å²) in [6, 6.07) is -4.18. The fourth-order valence-corrected chi connectivity index (χ4v) is 5.89. The van der Waals surface area contributed by atoms with Crippen molar-refractivity contribution in [1.82, 2.24) is 10.6 Å². The maximum absolute atomic E-state index is 11.7. The van der Waals surface area contributed by atoms with Gasteiger partial charge in [-0.3, -0.25) is 4.79 Å². The van der Waals surface area contributed by atoms with Crippen LogP contribution in [0.3, 0.4) is 0 Å². The molecule has 1 saturated carbocycles. The van der Waals surface area contributed by atoms with Gasteiger partial charge in [0.2, 0.25) is 5.91 Å². The lowest BCUT2D eigenvalue weighted by atomic mass is 9.83. The number of carbonyl (C=O) groups excluding carboxylic acids is 1. The van der Waals surface area contributed by atoms with Crippen LogP contribution in [0.1, 0.15) is 19.3 Å². The zero-order valence-corrected chi connectivity index (χ0v) is 22.4. The SMILES string of the molecule is CNC1C(O[C@H]2OC(CO)[C@@H](NC(=O)CN)CC2O)O[C@H]2CC(N)[C@@H](O[C@@H]3C(N)C[C@@H](N)C(O)C3N)OC2C1O. The molecule has 17 heteroatoms. The first-order valence-corrected chi connectivity index (χ1v) is 13.6. The van der Waals surface area contributed by atoms with Gasteiger partial charge in [-0.05, 0) is 19.9 Å². The van der Waals surface area contributed by atoms with E-state index in [0.717, 1.165) is 0 Å². The molecule has 16 N–H and O–H groups in total. The lowest BCUT2D eigenvalue weighted by molar-refractivity contribution is -0.366. The average Bonchev–Trinajstić information content (AvgIpc) is 2.91. The molecule has 0 aromatic heterocycles. The van der Waals surface area contributed by atoms with Crippen molar-refractivity contribution in [2.75, 3.05) is 20.2 Å². The lowest BCUT2D eigenvalue weighted by Crippen LogP contribution is -2.70. The highest BCUT2D eigenvalue weighted by atomic mass is 16.8. The zero-order chi connectivity index (χ0) is 29.3. The normalized spacial score (nSPS) is 49.8. The highest BCUT2D eigenvalue weighted by Crippen LogP contribution is 2.35. The molecule has 4 fully saturated rings. The number of rotatable bonds is 8. The monoisotopic (exact) mass is 579 g/mol. The molecule has 4 aliphatic rings. The minimum atomic E-state index is -1.23. The third kappa shape index (κ3) is 6.59. The Balaban J connectivity index is 1.40. The summed E-state index contributed by atoms with van der Waals surface area (Å²) in [5, 5.41) is 47.5. The topological polar surface area (TPSA) is 298 Å². The second kappa shape index (κ2) is 13.4. The number of ether oxygens (including phenoxy) is 5. The molecule has 232 valence electrons. The van der Waals surface area contributed by atoms with Crippen molar-refractivity contribution < 1.29 is 48.9 Å². The number of aliphatic hydroxyl groups is 4. The molecule has 1 amide bonds. The van der Waals surface area contributed by atoms with Crippen LogP contribution in [0, 0.1) is 0 Å². The third-order valence-corrected chi connectivity index (χ3v) is 8.17. The standard InChI is InChI=1S/C23H45N7O10/c1-29-16-18(35)20-12(3-9(27)21(39-20)38-19-8(26)2-7(25)17(34)15(19)28)36-23(16)40-22-11(32)4-10(13(6-31)37-22)30-14(33)5-24/h7-13,15-23,29,31-32,34-35H,2-6,24-28H2,1H3,(H,30,33)/t7-,8?,9?,10+,11?,12+,13?,15?,16?,17?,18?,19-,20?,21+,22-,23?/m1/s1. The number of nitrogens with two attached hydrogens (primary N) is 5. The van der Waals surface area contributed by atoms with E-state index in [0.29, 0.717) is 6.42 Å². The van der Waals surface area contributed by atoms with E-state index < -0.39 is 110 Å². The summed E-state index contributed by atoms with van der Waals surface area (Å²) in [7, 11) is 1.59. The van der Waals surface area contributed by atoms with E-state index in [2.05, 4.69) is 10.6 Å². The van der Waals surface area contributed by atoms with E-state index in [1.165, 1.54) is 0 Å². The Labute approximate surface area is 231 Å². The van der Waals surface area contributed by atoms with E-state index >= 15 is 0 Å². The van der Waals surface area contributed by atoms with E-state index in [1.807, 2.05) is 0 Å². The van der Waals surface area contributed by atoms with Gasteiger partial charge in [-0.25, -0.2) is 0 Å². The fraction of sp³-hybridized carbons (Fsp3) is 0.957. The summed E-state index contributed by atoms with van der Waals surface area (Å²) in [5.74, 6) is -0.457. The minimum Gasteiger partial charge on any atom is -0.394 e. The van der Waals surface area contributed by atoms with E-state index in [9.17, 15) is 25.2 Å². The van der Waals surface area contributed by atoms with Crippen molar-refractivity contribution in [1.29, 1.82) is 0 Å². The van der Waals surface area contributed by atoms with Crippen molar-refractivity contribution >= 4 is 5.91 Å². The van der Waals surface area contributed by atoms with Crippen molar-refractivity contribution in [2.24, 2.45) is 28.7 Å². The minimum absolute atomic E-state index is 0.0330. The molecule has 0 bridgehead atoms. The highest BCUT2D eigenvalue weighted by molar-refractivity contribution is 5.78. The molecule has 0 aromatic carbocycles. The molecule has 3 saturated heterocycles. The number of hydrogen-bond donors (Lipinski definition) is 11. The molecule has 10 unspecified atom stereocenters. The van der Waals surface area contributed by atoms with Gasteiger partial charge in [0, 0.05) is 18.5 Å². The van der Waals surface area contributed by atoms with Crippen LogP contribution in [0.15, 0.2) is 0 Å².